The van der Waals surface area contributed by atoms with E-state index >= 15 is 0 Å². The number of ether oxygens (including phenoxy) is 1. The van der Waals surface area contributed by atoms with Gasteiger partial charge < -0.3 is 14.7 Å². The minimum absolute atomic E-state index is 0.272. The summed E-state index contributed by atoms with van der Waals surface area (Å²) >= 11 is 0. The van der Waals surface area contributed by atoms with Gasteiger partial charge in [-0.2, -0.15) is 0 Å². The maximum atomic E-state index is 11.2. The molecule has 4 heteroatoms. The molecule has 4 nitrogen and oxygen atoms in total. The van der Waals surface area contributed by atoms with Gasteiger partial charge in [-0.1, -0.05) is 0 Å². The summed E-state index contributed by atoms with van der Waals surface area (Å²) in [6, 6.07) is 0. The first-order chi connectivity index (χ1) is 6.20. The minimum Gasteiger partial charge on any atom is -0.449 e. The van der Waals surface area contributed by atoms with Gasteiger partial charge >= 0.3 is 6.09 Å². The molecule has 2 rings (SSSR count). The molecule has 1 heterocycles. The number of carbonyl (C=O) groups is 1. The molecule has 1 aliphatic heterocycles. The normalized spacial score (nSPS) is 26.5. The number of β-amino-alcohol motifs (C(OH)–C–C–N with tert-alkyl or cyclic N) is 1. The Kier molecular flexibility index (Phi) is 2.15. The molecule has 0 bridgehead atoms. The van der Waals surface area contributed by atoms with Gasteiger partial charge in [0.05, 0.1) is 18.8 Å². The van der Waals surface area contributed by atoms with Gasteiger partial charge in [0, 0.05) is 6.54 Å². The number of amides is 1. The standard InChI is InChI=1S/C9H15NO3/c11-8-10(5-2-6-13-8)7-9(12)3-1-4-9/h12H,1-7H2. The summed E-state index contributed by atoms with van der Waals surface area (Å²) in [6.07, 6.45) is 3.31. The summed E-state index contributed by atoms with van der Waals surface area (Å²) in [5.74, 6) is 0. The highest BCUT2D eigenvalue weighted by molar-refractivity contribution is 5.68. The van der Waals surface area contributed by atoms with Crippen LogP contribution in [0.4, 0.5) is 4.79 Å². The van der Waals surface area contributed by atoms with Crippen LogP contribution in [0.15, 0.2) is 0 Å². The summed E-state index contributed by atoms with van der Waals surface area (Å²) in [4.78, 5) is 12.8. The van der Waals surface area contributed by atoms with Crippen LogP contribution in [-0.4, -0.2) is 41.4 Å². The van der Waals surface area contributed by atoms with Crippen molar-refractivity contribution >= 4 is 6.09 Å². The molecular formula is C9H15NO3. The van der Waals surface area contributed by atoms with Crippen molar-refractivity contribution in [3.05, 3.63) is 0 Å². The zero-order valence-electron chi connectivity index (χ0n) is 7.66. The Bertz CT molecular complexity index is 213. The Morgan fingerprint density at radius 3 is 2.77 bits per heavy atom. The van der Waals surface area contributed by atoms with E-state index in [9.17, 15) is 9.90 Å². The first-order valence-corrected chi connectivity index (χ1v) is 4.84. The van der Waals surface area contributed by atoms with Gasteiger partial charge in [0.1, 0.15) is 0 Å². The number of nitrogens with zero attached hydrogens (tertiary/aromatic N) is 1. The molecule has 1 saturated heterocycles. The van der Waals surface area contributed by atoms with Crippen LogP contribution < -0.4 is 0 Å². The maximum absolute atomic E-state index is 11.2. The summed E-state index contributed by atoms with van der Waals surface area (Å²) in [7, 11) is 0. The van der Waals surface area contributed by atoms with Crippen LogP contribution in [0.25, 0.3) is 0 Å². The van der Waals surface area contributed by atoms with E-state index in [0.29, 0.717) is 13.2 Å². The average Bonchev–Trinajstić information content (AvgIpc) is 2.06. The lowest BCUT2D eigenvalue weighted by molar-refractivity contribution is -0.0621. The van der Waals surface area contributed by atoms with Gasteiger partial charge in [0.25, 0.3) is 0 Å². The minimum atomic E-state index is -0.615. The van der Waals surface area contributed by atoms with E-state index in [-0.39, 0.29) is 6.09 Å². The number of rotatable bonds is 2. The molecule has 2 aliphatic rings. The fourth-order valence-corrected chi connectivity index (χ4v) is 1.84. The predicted molar refractivity (Wildman–Crippen MR) is 46.3 cm³/mol. The topological polar surface area (TPSA) is 49.8 Å². The Labute approximate surface area is 77.5 Å². The third-order valence-corrected chi connectivity index (χ3v) is 2.83. The van der Waals surface area contributed by atoms with Crippen LogP contribution in [0, 0.1) is 0 Å². The number of hydrogen-bond acceptors (Lipinski definition) is 3. The monoisotopic (exact) mass is 185 g/mol. The van der Waals surface area contributed by atoms with Crippen molar-refractivity contribution in [2.75, 3.05) is 19.7 Å². The summed E-state index contributed by atoms with van der Waals surface area (Å²) in [5, 5.41) is 9.83. The molecule has 1 amide bonds. The molecular weight excluding hydrogens is 170 g/mol. The smallest absolute Gasteiger partial charge is 0.409 e. The fraction of sp³-hybridized carbons (Fsp3) is 0.889. The van der Waals surface area contributed by atoms with Gasteiger partial charge in [-0.25, -0.2) is 4.79 Å². The van der Waals surface area contributed by atoms with Gasteiger partial charge in [0.15, 0.2) is 0 Å². The van der Waals surface area contributed by atoms with Gasteiger partial charge in [-0.3, -0.25) is 0 Å². The zero-order chi connectivity index (χ0) is 9.31. The number of carbonyl (C=O) groups excluding carboxylic acids is 1. The van der Waals surface area contributed by atoms with Crippen LogP contribution >= 0.6 is 0 Å². The Morgan fingerprint density at radius 1 is 1.46 bits per heavy atom. The summed E-state index contributed by atoms with van der Waals surface area (Å²) < 4.78 is 4.88. The van der Waals surface area contributed by atoms with Crippen molar-refractivity contribution in [1.29, 1.82) is 0 Å². The van der Waals surface area contributed by atoms with Crippen molar-refractivity contribution in [3.63, 3.8) is 0 Å². The number of aliphatic hydroxyl groups is 1. The van der Waals surface area contributed by atoms with Gasteiger partial charge in [0.2, 0.25) is 0 Å². The molecule has 0 spiro atoms. The largest absolute Gasteiger partial charge is 0.449 e. The highest BCUT2D eigenvalue weighted by atomic mass is 16.6. The van der Waals surface area contributed by atoms with Crippen LogP contribution in [0.3, 0.4) is 0 Å². The molecule has 1 N–H and O–H groups in total. The molecule has 0 unspecified atom stereocenters. The van der Waals surface area contributed by atoms with Crippen LogP contribution in [0.5, 0.6) is 0 Å². The highest BCUT2D eigenvalue weighted by Gasteiger charge is 2.38. The third-order valence-electron chi connectivity index (χ3n) is 2.83. The van der Waals surface area contributed by atoms with E-state index in [1.807, 2.05) is 0 Å². The van der Waals surface area contributed by atoms with E-state index in [0.717, 1.165) is 32.2 Å². The van der Waals surface area contributed by atoms with E-state index in [2.05, 4.69) is 0 Å². The van der Waals surface area contributed by atoms with E-state index in [1.54, 1.807) is 4.90 Å². The van der Waals surface area contributed by atoms with Crippen LogP contribution in [0.2, 0.25) is 0 Å². The summed E-state index contributed by atoms with van der Waals surface area (Å²) in [5.41, 5.74) is -0.615. The SMILES string of the molecule is O=C1OCCCN1CC1(O)CCC1. The second-order valence-corrected chi connectivity index (χ2v) is 3.97. The van der Waals surface area contributed by atoms with Crippen LogP contribution in [-0.2, 0) is 4.74 Å². The number of hydrogen-bond donors (Lipinski definition) is 1. The lowest BCUT2D eigenvalue weighted by Crippen LogP contribution is -2.51. The van der Waals surface area contributed by atoms with E-state index in [4.69, 9.17) is 4.74 Å². The molecule has 0 aromatic rings. The summed E-state index contributed by atoms with van der Waals surface area (Å²) in [6.45, 7) is 1.70. The molecule has 13 heavy (non-hydrogen) atoms. The van der Waals surface area contributed by atoms with Gasteiger partial charge in [-0.15, -0.1) is 0 Å². The van der Waals surface area contributed by atoms with Crippen LogP contribution in [0.1, 0.15) is 25.7 Å². The van der Waals surface area contributed by atoms with Gasteiger partial charge in [-0.05, 0) is 25.7 Å². The van der Waals surface area contributed by atoms with Crippen molar-refractivity contribution < 1.29 is 14.6 Å². The lowest BCUT2D eigenvalue weighted by Gasteiger charge is -2.41. The van der Waals surface area contributed by atoms with Crippen molar-refractivity contribution in [3.8, 4) is 0 Å². The van der Waals surface area contributed by atoms with E-state index in [1.165, 1.54) is 0 Å². The molecule has 0 atom stereocenters. The molecule has 2 fully saturated rings. The fourth-order valence-electron chi connectivity index (χ4n) is 1.84. The second-order valence-electron chi connectivity index (χ2n) is 3.97. The predicted octanol–water partition coefficient (Wildman–Crippen LogP) is 0.744. The first kappa shape index (κ1) is 8.81. The van der Waals surface area contributed by atoms with E-state index < -0.39 is 5.60 Å². The highest BCUT2D eigenvalue weighted by Crippen LogP contribution is 2.32. The zero-order valence-corrected chi connectivity index (χ0v) is 7.66. The maximum Gasteiger partial charge on any atom is 0.409 e. The molecule has 1 aliphatic carbocycles. The third kappa shape index (κ3) is 1.77. The Balaban J connectivity index is 1.88. The molecule has 0 radical (unpaired) electrons. The Hall–Kier alpha value is -0.770. The molecule has 74 valence electrons. The quantitative estimate of drug-likeness (QED) is 0.690. The Morgan fingerprint density at radius 2 is 2.23 bits per heavy atom. The first-order valence-electron chi connectivity index (χ1n) is 4.84. The number of cyclic esters (lactones) is 1. The molecule has 0 aromatic carbocycles. The molecule has 1 saturated carbocycles. The van der Waals surface area contributed by atoms with Crippen molar-refractivity contribution in [1.82, 2.24) is 4.90 Å². The van der Waals surface area contributed by atoms with Crippen molar-refractivity contribution in [2.24, 2.45) is 0 Å². The van der Waals surface area contributed by atoms with Crippen molar-refractivity contribution in [2.45, 2.75) is 31.3 Å². The average molecular weight is 185 g/mol. The second kappa shape index (κ2) is 3.18. The molecule has 0 aromatic heterocycles. The lowest BCUT2D eigenvalue weighted by atomic mass is 9.80.